The van der Waals surface area contributed by atoms with Crippen molar-refractivity contribution in [3.8, 4) is 0 Å². The van der Waals surface area contributed by atoms with E-state index in [9.17, 15) is 9.59 Å². The number of nitrogens with zero attached hydrogens (tertiary/aromatic N) is 4. The zero-order valence-corrected chi connectivity index (χ0v) is 10.1. The van der Waals surface area contributed by atoms with Crippen LogP contribution in [0.2, 0.25) is 0 Å². The van der Waals surface area contributed by atoms with Crippen molar-refractivity contribution in [2.45, 2.75) is 13.1 Å². The van der Waals surface area contributed by atoms with Gasteiger partial charge in [0.1, 0.15) is 12.2 Å². The van der Waals surface area contributed by atoms with Crippen molar-refractivity contribution in [2.75, 3.05) is 6.54 Å². The molecular weight excluding hydrogens is 250 g/mol. The fraction of sp³-hybridized carbons (Fsp3) is 0.273. The zero-order valence-electron chi connectivity index (χ0n) is 10.1. The number of carbonyl (C=O) groups is 2. The Morgan fingerprint density at radius 3 is 2.89 bits per heavy atom. The van der Waals surface area contributed by atoms with Crippen LogP contribution in [0.5, 0.6) is 0 Å². The fourth-order valence-electron chi connectivity index (χ4n) is 1.62. The first kappa shape index (κ1) is 12.8. The van der Waals surface area contributed by atoms with Gasteiger partial charge in [-0.05, 0) is 12.1 Å². The maximum absolute atomic E-state index is 11.6. The lowest BCUT2D eigenvalue weighted by Crippen LogP contribution is -2.31. The van der Waals surface area contributed by atoms with Gasteiger partial charge in [0, 0.05) is 18.9 Å². The quantitative estimate of drug-likeness (QED) is 0.738. The van der Waals surface area contributed by atoms with Crippen molar-refractivity contribution in [1.82, 2.24) is 24.9 Å². The Morgan fingerprint density at radius 1 is 1.37 bits per heavy atom. The van der Waals surface area contributed by atoms with E-state index in [1.54, 1.807) is 29.3 Å². The summed E-state index contributed by atoms with van der Waals surface area (Å²) >= 11 is 0. The van der Waals surface area contributed by atoms with E-state index in [0.717, 1.165) is 0 Å². The first-order valence-electron chi connectivity index (χ1n) is 5.66. The fourth-order valence-corrected chi connectivity index (χ4v) is 1.62. The van der Waals surface area contributed by atoms with Gasteiger partial charge in [-0.2, -0.15) is 0 Å². The number of hydrogen-bond donors (Lipinski definition) is 2. The molecule has 0 bridgehead atoms. The third-order valence-corrected chi connectivity index (χ3v) is 2.50. The van der Waals surface area contributed by atoms with Gasteiger partial charge >= 0.3 is 5.97 Å². The van der Waals surface area contributed by atoms with Crippen LogP contribution >= 0.6 is 0 Å². The van der Waals surface area contributed by atoms with E-state index >= 15 is 0 Å². The normalized spacial score (nSPS) is 10.3. The van der Waals surface area contributed by atoms with Gasteiger partial charge < -0.3 is 15.0 Å². The van der Waals surface area contributed by atoms with Gasteiger partial charge in [0.25, 0.3) is 0 Å². The van der Waals surface area contributed by atoms with Gasteiger partial charge in [-0.15, -0.1) is 5.10 Å². The molecule has 0 aliphatic carbocycles. The highest BCUT2D eigenvalue weighted by Gasteiger charge is 2.11. The van der Waals surface area contributed by atoms with Crippen molar-refractivity contribution in [3.63, 3.8) is 0 Å². The van der Waals surface area contributed by atoms with Crippen LogP contribution in [0.4, 0.5) is 0 Å². The van der Waals surface area contributed by atoms with Crippen molar-refractivity contribution in [3.05, 3.63) is 36.4 Å². The number of hydrogen-bond acceptors (Lipinski definition) is 4. The molecule has 0 aromatic carbocycles. The summed E-state index contributed by atoms with van der Waals surface area (Å²) in [5, 5.41) is 19.0. The molecule has 19 heavy (non-hydrogen) atoms. The average Bonchev–Trinajstić information content (AvgIpc) is 2.99. The van der Waals surface area contributed by atoms with Gasteiger partial charge in [0.15, 0.2) is 0 Å². The van der Waals surface area contributed by atoms with Crippen molar-refractivity contribution < 1.29 is 14.7 Å². The van der Waals surface area contributed by atoms with Gasteiger partial charge in [-0.3, -0.25) is 9.48 Å². The molecule has 0 radical (unpaired) electrons. The summed E-state index contributed by atoms with van der Waals surface area (Å²) in [5.41, 5.74) is 0.0893. The predicted molar refractivity (Wildman–Crippen MR) is 64.4 cm³/mol. The van der Waals surface area contributed by atoms with Crippen LogP contribution in [0.25, 0.3) is 0 Å². The largest absolute Gasteiger partial charge is 0.477 e. The number of carboxylic acid groups (broad SMARTS) is 1. The molecule has 100 valence electrons. The molecule has 2 N–H and O–H groups in total. The molecule has 1 amide bonds. The molecule has 0 saturated heterocycles. The highest BCUT2D eigenvalue weighted by molar-refractivity contribution is 5.86. The summed E-state index contributed by atoms with van der Waals surface area (Å²) < 4.78 is 2.98. The third kappa shape index (κ3) is 3.41. The second kappa shape index (κ2) is 5.80. The monoisotopic (exact) mass is 263 g/mol. The van der Waals surface area contributed by atoms with Crippen LogP contribution in [-0.2, 0) is 17.9 Å². The number of nitrogens with one attached hydrogen (secondary N) is 1. The van der Waals surface area contributed by atoms with Crippen LogP contribution in [0.3, 0.4) is 0 Å². The zero-order chi connectivity index (χ0) is 13.7. The molecule has 2 rings (SSSR count). The predicted octanol–water partition coefficient (Wildman–Crippen LogP) is -0.406. The van der Waals surface area contributed by atoms with Crippen LogP contribution in [0, 0.1) is 0 Å². The minimum Gasteiger partial charge on any atom is -0.477 e. The summed E-state index contributed by atoms with van der Waals surface area (Å²) in [6, 6.07) is 3.04. The van der Waals surface area contributed by atoms with E-state index in [4.69, 9.17) is 5.11 Å². The summed E-state index contributed by atoms with van der Waals surface area (Å²) in [7, 11) is 0. The van der Waals surface area contributed by atoms with Gasteiger partial charge in [-0.1, -0.05) is 5.21 Å². The number of aromatic nitrogens is 4. The molecule has 0 aliphatic rings. The number of carbonyl (C=O) groups excluding carboxylic acids is 1. The smallest absolute Gasteiger partial charge is 0.352 e. The molecule has 2 heterocycles. The number of aromatic carboxylic acids is 1. The van der Waals surface area contributed by atoms with E-state index in [2.05, 4.69) is 15.6 Å². The second-order valence-corrected chi connectivity index (χ2v) is 3.84. The molecule has 0 unspecified atom stereocenters. The summed E-state index contributed by atoms with van der Waals surface area (Å²) in [4.78, 5) is 22.5. The molecule has 8 heteroatoms. The van der Waals surface area contributed by atoms with Crippen LogP contribution in [0.1, 0.15) is 10.5 Å². The van der Waals surface area contributed by atoms with Crippen molar-refractivity contribution in [2.24, 2.45) is 0 Å². The lowest BCUT2D eigenvalue weighted by Gasteiger charge is -2.07. The molecule has 0 atom stereocenters. The molecule has 0 saturated carbocycles. The van der Waals surface area contributed by atoms with Gasteiger partial charge in [0.2, 0.25) is 5.91 Å². The molecule has 2 aromatic rings. The Kier molecular flexibility index (Phi) is 3.91. The summed E-state index contributed by atoms with van der Waals surface area (Å²) in [6.07, 6.45) is 4.81. The standard InChI is InChI=1S/C11H13N5O3/c17-10(12-3-6-16-7-4-13-14-16)8-15-5-1-2-9(15)11(18)19/h1-2,4-5,7H,3,6,8H2,(H,12,17)(H,18,19). The minimum atomic E-state index is -1.06. The maximum atomic E-state index is 11.6. The molecule has 0 aliphatic heterocycles. The molecule has 0 fully saturated rings. The number of rotatable bonds is 6. The third-order valence-electron chi connectivity index (χ3n) is 2.50. The Labute approximate surface area is 108 Å². The van der Waals surface area contributed by atoms with Crippen molar-refractivity contribution in [1.29, 1.82) is 0 Å². The Balaban J connectivity index is 1.81. The summed E-state index contributed by atoms with van der Waals surface area (Å²) in [6.45, 7) is 0.904. The van der Waals surface area contributed by atoms with E-state index in [0.29, 0.717) is 13.1 Å². The van der Waals surface area contributed by atoms with Crippen molar-refractivity contribution >= 4 is 11.9 Å². The highest BCUT2D eigenvalue weighted by Crippen LogP contribution is 2.01. The summed E-state index contributed by atoms with van der Waals surface area (Å²) in [5.74, 6) is -1.31. The van der Waals surface area contributed by atoms with Gasteiger partial charge in [0.05, 0.1) is 12.7 Å². The Hall–Kier alpha value is -2.64. The first-order chi connectivity index (χ1) is 9.16. The average molecular weight is 263 g/mol. The van der Waals surface area contributed by atoms with E-state index in [1.807, 2.05) is 0 Å². The topological polar surface area (TPSA) is 102 Å². The van der Waals surface area contributed by atoms with Crippen LogP contribution < -0.4 is 5.32 Å². The van der Waals surface area contributed by atoms with E-state index in [1.165, 1.54) is 10.6 Å². The van der Waals surface area contributed by atoms with Crippen LogP contribution in [-0.4, -0.2) is 43.1 Å². The molecule has 2 aromatic heterocycles. The number of carboxylic acids is 1. The minimum absolute atomic E-state index is 0.0218. The molecular formula is C11H13N5O3. The lowest BCUT2D eigenvalue weighted by atomic mass is 10.4. The van der Waals surface area contributed by atoms with E-state index < -0.39 is 5.97 Å². The molecule has 0 spiro atoms. The molecule has 8 nitrogen and oxygen atoms in total. The second-order valence-electron chi connectivity index (χ2n) is 3.84. The highest BCUT2D eigenvalue weighted by atomic mass is 16.4. The number of amides is 1. The Morgan fingerprint density at radius 2 is 2.21 bits per heavy atom. The Bertz CT molecular complexity index is 561. The van der Waals surface area contributed by atoms with E-state index in [-0.39, 0.29) is 18.1 Å². The lowest BCUT2D eigenvalue weighted by molar-refractivity contribution is -0.121. The maximum Gasteiger partial charge on any atom is 0.352 e. The van der Waals surface area contributed by atoms with Crippen LogP contribution in [0.15, 0.2) is 30.7 Å². The first-order valence-corrected chi connectivity index (χ1v) is 5.66. The van der Waals surface area contributed by atoms with Gasteiger partial charge in [-0.25, -0.2) is 4.79 Å². The SMILES string of the molecule is O=C(Cn1cccc1C(=O)O)NCCn1ccnn1.